The smallest absolute Gasteiger partial charge is 0.275 e. The van der Waals surface area contributed by atoms with Crippen molar-refractivity contribution < 1.29 is 4.79 Å². The first kappa shape index (κ1) is 17.6. The summed E-state index contributed by atoms with van der Waals surface area (Å²) in [5.41, 5.74) is 9.02. The largest absolute Gasteiger partial charge is 0.325 e. The molecular formula is C15H20ClN3OS. The Morgan fingerprint density at radius 2 is 2.14 bits per heavy atom. The quantitative estimate of drug-likeness (QED) is 0.900. The summed E-state index contributed by atoms with van der Waals surface area (Å²) < 4.78 is 0. The number of thiazole rings is 1. The minimum Gasteiger partial charge on any atom is -0.325 e. The molecule has 114 valence electrons. The maximum atomic E-state index is 12.3. The number of amides is 1. The molecule has 0 aliphatic heterocycles. The molecule has 1 amide bonds. The summed E-state index contributed by atoms with van der Waals surface area (Å²) in [5, 5.41) is 5.49. The molecule has 2 aromatic rings. The number of nitrogens with zero attached hydrogens (tertiary/aromatic N) is 1. The molecule has 0 saturated carbocycles. The molecule has 2 rings (SSSR count). The number of anilines is 1. The van der Waals surface area contributed by atoms with Crippen molar-refractivity contribution in [3.05, 3.63) is 45.4 Å². The van der Waals surface area contributed by atoms with Crippen molar-refractivity contribution in [3.63, 3.8) is 0 Å². The lowest BCUT2D eigenvalue weighted by atomic mass is 9.98. The molecule has 21 heavy (non-hydrogen) atoms. The highest BCUT2D eigenvalue weighted by Crippen LogP contribution is 2.27. The maximum Gasteiger partial charge on any atom is 0.275 e. The van der Waals surface area contributed by atoms with Gasteiger partial charge >= 0.3 is 0 Å². The van der Waals surface area contributed by atoms with Crippen molar-refractivity contribution in [2.75, 3.05) is 5.32 Å². The van der Waals surface area contributed by atoms with Crippen LogP contribution >= 0.6 is 23.7 Å². The monoisotopic (exact) mass is 325 g/mol. The SMILES string of the molecule is Cc1cccc(C(C)C)c1NC(=O)c1csc(CN)n1.Cl. The number of hydrogen-bond acceptors (Lipinski definition) is 4. The minimum atomic E-state index is -0.183. The van der Waals surface area contributed by atoms with Gasteiger partial charge in [0.05, 0.1) is 0 Å². The van der Waals surface area contributed by atoms with Gasteiger partial charge in [-0.1, -0.05) is 32.0 Å². The lowest BCUT2D eigenvalue weighted by Gasteiger charge is -2.15. The van der Waals surface area contributed by atoms with Gasteiger partial charge in [-0.05, 0) is 24.0 Å². The van der Waals surface area contributed by atoms with Crippen LogP contribution in [0.4, 0.5) is 5.69 Å². The van der Waals surface area contributed by atoms with E-state index in [9.17, 15) is 4.79 Å². The predicted molar refractivity (Wildman–Crippen MR) is 90.5 cm³/mol. The van der Waals surface area contributed by atoms with E-state index in [1.165, 1.54) is 11.3 Å². The van der Waals surface area contributed by atoms with Crippen molar-refractivity contribution in [3.8, 4) is 0 Å². The molecule has 0 aliphatic carbocycles. The average Bonchev–Trinajstić information content (AvgIpc) is 2.89. The summed E-state index contributed by atoms with van der Waals surface area (Å²) in [6.07, 6.45) is 0. The molecule has 0 aliphatic rings. The van der Waals surface area contributed by atoms with Crippen LogP contribution in [0.15, 0.2) is 23.6 Å². The van der Waals surface area contributed by atoms with Gasteiger partial charge in [0.15, 0.2) is 0 Å². The molecule has 0 atom stereocenters. The number of aryl methyl sites for hydroxylation is 1. The van der Waals surface area contributed by atoms with E-state index in [0.29, 0.717) is 18.2 Å². The van der Waals surface area contributed by atoms with Gasteiger partial charge in [0.2, 0.25) is 0 Å². The summed E-state index contributed by atoms with van der Waals surface area (Å²) in [6, 6.07) is 6.04. The Labute approximate surface area is 135 Å². The highest BCUT2D eigenvalue weighted by Gasteiger charge is 2.15. The first-order chi connectivity index (χ1) is 9.52. The number of aromatic nitrogens is 1. The molecule has 6 heteroatoms. The molecule has 1 aromatic carbocycles. The number of nitrogens with one attached hydrogen (secondary N) is 1. The van der Waals surface area contributed by atoms with Gasteiger partial charge in [-0.2, -0.15) is 0 Å². The van der Waals surface area contributed by atoms with Gasteiger partial charge in [-0.25, -0.2) is 4.98 Å². The van der Waals surface area contributed by atoms with Gasteiger partial charge in [-0.3, -0.25) is 4.79 Å². The van der Waals surface area contributed by atoms with E-state index in [0.717, 1.165) is 21.8 Å². The molecule has 0 bridgehead atoms. The third kappa shape index (κ3) is 4.03. The van der Waals surface area contributed by atoms with Gasteiger partial charge in [-0.15, -0.1) is 23.7 Å². The van der Waals surface area contributed by atoms with Gasteiger partial charge in [0.1, 0.15) is 10.7 Å². The third-order valence-electron chi connectivity index (χ3n) is 3.12. The second-order valence-electron chi connectivity index (χ2n) is 4.98. The van der Waals surface area contributed by atoms with Crippen LogP contribution in [0.25, 0.3) is 0 Å². The molecule has 1 heterocycles. The van der Waals surface area contributed by atoms with Gasteiger partial charge in [0.25, 0.3) is 5.91 Å². The number of benzene rings is 1. The van der Waals surface area contributed by atoms with Gasteiger partial charge < -0.3 is 11.1 Å². The van der Waals surface area contributed by atoms with E-state index in [2.05, 4.69) is 24.1 Å². The number of rotatable bonds is 4. The highest BCUT2D eigenvalue weighted by molar-refractivity contribution is 7.09. The Hall–Kier alpha value is -1.43. The summed E-state index contributed by atoms with van der Waals surface area (Å²) in [6.45, 7) is 6.58. The maximum absolute atomic E-state index is 12.3. The van der Waals surface area contributed by atoms with Crippen LogP contribution < -0.4 is 11.1 Å². The predicted octanol–water partition coefficient (Wildman–Crippen LogP) is 3.71. The van der Waals surface area contributed by atoms with Crippen LogP contribution in [-0.4, -0.2) is 10.9 Å². The molecule has 3 N–H and O–H groups in total. The fourth-order valence-corrected chi connectivity index (χ4v) is 2.68. The average molecular weight is 326 g/mol. The zero-order valence-electron chi connectivity index (χ0n) is 12.3. The zero-order chi connectivity index (χ0) is 14.7. The lowest BCUT2D eigenvalue weighted by Crippen LogP contribution is -2.15. The molecule has 0 saturated heterocycles. The van der Waals surface area contributed by atoms with Crippen LogP contribution in [0, 0.1) is 6.92 Å². The van der Waals surface area contributed by atoms with Gasteiger partial charge in [0, 0.05) is 17.6 Å². The fourth-order valence-electron chi connectivity index (χ4n) is 2.03. The zero-order valence-corrected chi connectivity index (χ0v) is 14.0. The number of hydrogen-bond donors (Lipinski definition) is 2. The van der Waals surface area contributed by atoms with Crippen LogP contribution in [-0.2, 0) is 6.54 Å². The van der Waals surface area contributed by atoms with E-state index in [-0.39, 0.29) is 18.3 Å². The number of carbonyl (C=O) groups is 1. The second-order valence-corrected chi connectivity index (χ2v) is 5.92. The normalized spacial score (nSPS) is 10.3. The molecule has 0 radical (unpaired) electrons. The van der Waals surface area contributed by atoms with Crippen LogP contribution in [0.5, 0.6) is 0 Å². The summed E-state index contributed by atoms with van der Waals surface area (Å²) in [4.78, 5) is 16.5. The van der Waals surface area contributed by atoms with E-state index in [1.807, 2.05) is 25.1 Å². The molecule has 1 aromatic heterocycles. The topological polar surface area (TPSA) is 68.0 Å². The fraction of sp³-hybridized carbons (Fsp3) is 0.333. The van der Waals surface area contributed by atoms with E-state index < -0.39 is 0 Å². The summed E-state index contributed by atoms with van der Waals surface area (Å²) in [5.74, 6) is 0.164. The molecule has 0 unspecified atom stereocenters. The van der Waals surface area contributed by atoms with Crippen molar-refractivity contribution in [1.82, 2.24) is 4.98 Å². The van der Waals surface area contributed by atoms with Crippen LogP contribution in [0.3, 0.4) is 0 Å². The minimum absolute atomic E-state index is 0. The van der Waals surface area contributed by atoms with E-state index in [1.54, 1.807) is 5.38 Å². The van der Waals surface area contributed by atoms with Crippen LogP contribution in [0.1, 0.15) is 46.4 Å². The first-order valence-corrected chi connectivity index (χ1v) is 7.46. The van der Waals surface area contributed by atoms with Crippen molar-refractivity contribution >= 4 is 35.3 Å². The Morgan fingerprint density at radius 1 is 1.43 bits per heavy atom. The lowest BCUT2D eigenvalue weighted by molar-refractivity contribution is 0.102. The Kier molecular flexibility index (Phi) is 6.33. The standard InChI is InChI=1S/C15H19N3OS.ClH/c1-9(2)11-6-4-5-10(3)14(11)18-15(19)12-8-20-13(7-16)17-12;/h4-6,8-9H,7,16H2,1-3H3,(H,18,19);1H. The number of carbonyl (C=O) groups excluding carboxylic acids is 1. The Bertz CT molecular complexity index is 625. The Balaban J connectivity index is 0.00000220. The first-order valence-electron chi connectivity index (χ1n) is 6.58. The highest BCUT2D eigenvalue weighted by atomic mass is 35.5. The van der Waals surface area contributed by atoms with Crippen molar-refractivity contribution in [2.45, 2.75) is 33.2 Å². The molecule has 4 nitrogen and oxygen atoms in total. The molecule has 0 spiro atoms. The number of nitrogens with two attached hydrogens (primary N) is 1. The number of para-hydroxylation sites is 1. The Morgan fingerprint density at radius 3 is 2.71 bits per heavy atom. The van der Waals surface area contributed by atoms with Crippen LogP contribution in [0.2, 0.25) is 0 Å². The van der Waals surface area contributed by atoms with E-state index in [4.69, 9.17) is 5.73 Å². The van der Waals surface area contributed by atoms with Crippen molar-refractivity contribution in [2.24, 2.45) is 5.73 Å². The van der Waals surface area contributed by atoms with E-state index >= 15 is 0 Å². The van der Waals surface area contributed by atoms with Crippen molar-refractivity contribution in [1.29, 1.82) is 0 Å². The summed E-state index contributed by atoms with van der Waals surface area (Å²) in [7, 11) is 0. The molecular weight excluding hydrogens is 306 g/mol. The molecule has 0 fully saturated rings. The number of halogens is 1. The second kappa shape index (κ2) is 7.54. The third-order valence-corrected chi connectivity index (χ3v) is 4.00. The summed E-state index contributed by atoms with van der Waals surface area (Å²) >= 11 is 1.41.